The van der Waals surface area contributed by atoms with Crippen molar-refractivity contribution >= 4 is 5.91 Å². The van der Waals surface area contributed by atoms with Crippen molar-refractivity contribution in [2.75, 3.05) is 6.61 Å². The molecule has 0 unspecified atom stereocenters. The van der Waals surface area contributed by atoms with Crippen LogP contribution < -0.4 is 5.32 Å². The van der Waals surface area contributed by atoms with Crippen molar-refractivity contribution in [3.63, 3.8) is 0 Å². The van der Waals surface area contributed by atoms with Gasteiger partial charge in [-0.3, -0.25) is 9.78 Å². The first-order valence-corrected chi connectivity index (χ1v) is 6.56. The summed E-state index contributed by atoms with van der Waals surface area (Å²) in [5.74, 6) is 0.0924. The van der Waals surface area contributed by atoms with Gasteiger partial charge in [0.2, 0.25) is 5.91 Å². The summed E-state index contributed by atoms with van der Waals surface area (Å²) in [6.45, 7) is 2.83. The fraction of sp³-hybridized carbons (Fsp3) is 0.571. The zero-order valence-corrected chi connectivity index (χ0v) is 10.8. The van der Waals surface area contributed by atoms with Gasteiger partial charge >= 0.3 is 0 Å². The summed E-state index contributed by atoms with van der Waals surface area (Å²) in [6, 6.07) is 3.88. The van der Waals surface area contributed by atoms with Crippen molar-refractivity contribution in [2.45, 2.75) is 44.8 Å². The van der Waals surface area contributed by atoms with Crippen molar-refractivity contribution < 1.29 is 9.53 Å². The van der Waals surface area contributed by atoms with Gasteiger partial charge in [0.1, 0.15) is 0 Å². The largest absolute Gasteiger partial charge is 0.378 e. The number of rotatable bonds is 5. The quantitative estimate of drug-likeness (QED) is 0.869. The molecule has 1 amide bonds. The average molecular weight is 248 g/mol. The second-order valence-electron chi connectivity index (χ2n) is 4.74. The molecule has 1 fully saturated rings. The van der Waals surface area contributed by atoms with Gasteiger partial charge in [0.05, 0.1) is 12.1 Å². The van der Waals surface area contributed by atoms with Gasteiger partial charge in [0.15, 0.2) is 0 Å². The Hall–Kier alpha value is -1.42. The second-order valence-corrected chi connectivity index (χ2v) is 4.74. The first kappa shape index (κ1) is 13.0. The van der Waals surface area contributed by atoms with Crippen LogP contribution in [-0.2, 0) is 9.53 Å². The second kappa shape index (κ2) is 6.50. The predicted molar refractivity (Wildman–Crippen MR) is 69.0 cm³/mol. The number of carbonyl (C=O) groups excluding carboxylic acids is 1. The highest BCUT2D eigenvalue weighted by Crippen LogP contribution is 2.17. The maximum absolute atomic E-state index is 11.8. The Morgan fingerprint density at radius 1 is 1.56 bits per heavy atom. The molecule has 98 valence electrons. The monoisotopic (exact) mass is 248 g/mol. The van der Waals surface area contributed by atoms with E-state index in [1.54, 1.807) is 12.4 Å². The van der Waals surface area contributed by atoms with Crippen molar-refractivity contribution in [1.29, 1.82) is 0 Å². The Morgan fingerprint density at radius 3 is 3.00 bits per heavy atom. The lowest BCUT2D eigenvalue weighted by molar-refractivity contribution is -0.122. The zero-order chi connectivity index (χ0) is 12.8. The summed E-state index contributed by atoms with van der Waals surface area (Å²) >= 11 is 0. The van der Waals surface area contributed by atoms with E-state index in [-0.39, 0.29) is 18.1 Å². The van der Waals surface area contributed by atoms with Gasteiger partial charge in [-0.2, -0.15) is 0 Å². The number of nitrogens with zero attached hydrogens (tertiary/aromatic N) is 1. The molecule has 1 N–H and O–H groups in total. The first-order chi connectivity index (χ1) is 8.75. The fourth-order valence-electron chi connectivity index (χ4n) is 2.21. The van der Waals surface area contributed by atoms with E-state index in [1.807, 2.05) is 19.1 Å². The molecule has 0 spiro atoms. The third kappa shape index (κ3) is 3.81. The van der Waals surface area contributed by atoms with E-state index in [2.05, 4.69) is 10.3 Å². The molecule has 0 aromatic carbocycles. The highest BCUT2D eigenvalue weighted by Gasteiger charge is 2.17. The molecule has 4 heteroatoms. The van der Waals surface area contributed by atoms with E-state index >= 15 is 0 Å². The molecular formula is C14H20N2O2. The standard InChI is InChI=1S/C14H20N2O2/c1-11(12-6-8-15-9-7-12)16-14(17)5-4-13-3-2-10-18-13/h6-9,11,13H,2-5,10H2,1H3,(H,16,17)/t11-,13+/m1/s1. The molecule has 0 saturated carbocycles. The average Bonchev–Trinajstić information content (AvgIpc) is 2.90. The number of amides is 1. The highest BCUT2D eigenvalue weighted by atomic mass is 16.5. The molecule has 2 rings (SSSR count). The Labute approximate surface area is 108 Å². The van der Waals surface area contributed by atoms with Crippen LogP contribution in [0.1, 0.15) is 44.2 Å². The summed E-state index contributed by atoms with van der Waals surface area (Å²) < 4.78 is 5.50. The van der Waals surface area contributed by atoms with E-state index < -0.39 is 0 Å². The molecule has 2 atom stereocenters. The molecule has 1 aromatic rings. The number of aromatic nitrogens is 1. The number of nitrogens with one attached hydrogen (secondary N) is 1. The molecule has 0 bridgehead atoms. The van der Waals surface area contributed by atoms with Gasteiger partial charge < -0.3 is 10.1 Å². The van der Waals surface area contributed by atoms with Gasteiger partial charge in [-0.1, -0.05) is 0 Å². The van der Waals surface area contributed by atoms with Crippen LogP contribution in [-0.4, -0.2) is 23.6 Å². The minimum Gasteiger partial charge on any atom is -0.378 e. The number of hydrogen-bond acceptors (Lipinski definition) is 3. The van der Waals surface area contributed by atoms with Crippen LogP contribution in [0.4, 0.5) is 0 Å². The van der Waals surface area contributed by atoms with Gasteiger partial charge in [-0.15, -0.1) is 0 Å². The summed E-state index contributed by atoms with van der Waals surface area (Å²) in [5, 5.41) is 3.00. The van der Waals surface area contributed by atoms with E-state index in [1.165, 1.54) is 0 Å². The topological polar surface area (TPSA) is 51.2 Å². The van der Waals surface area contributed by atoms with Crippen LogP contribution in [0.5, 0.6) is 0 Å². The Kier molecular flexibility index (Phi) is 4.70. The SMILES string of the molecule is C[C@@H](NC(=O)CC[C@@H]1CCCO1)c1ccncc1. The van der Waals surface area contributed by atoms with Crippen LogP contribution in [0.15, 0.2) is 24.5 Å². The molecule has 0 aliphatic carbocycles. The lowest BCUT2D eigenvalue weighted by atomic mass is 10.1. The molecule has 0 radical (unpaired) electrons. The normalized spacial score (nSPS) is 20.6. The van der Waals surface area contributed by atoms with Crippen molar-refractivity contribution in [3.8, 4) is 0 Å². The lowest BCUT2D eigenvalue weighted by Gasteiger charge is -2.15. The zero-order valence-electron chi connectivity index (χ0n) is 10.8. The van der Waals surface area contributed by atoms with Gasteiger partial charge in [-0.25, -0.2) is 0 Å². The van der Waals surface area contributed by atoms with Crippen LogP contribution >= 0.6 is 0 Å². The predicted octanol–water partition coefficient (Wildman–Crippen LogP) is 2.22. The Morgan fingerprint density at radius 2 is 2.33 bits per heavy atom. The molecule has 1 aromatic heterocycles. The van der Waals surface area contributed by atoms with E-state index in [0.717, 1.165) is 31.4 Å². The van der Waals surface area contributed by atoms with E-state index in [9.17, 15) is 4.79 Å². The minimum atomic E-state index is 0.0324. The molecule has 1 aliphatic rings. The summed E-state index contributed by atoms with van der Waals surface area (Å²) in [7, 11) is 0. The third-order valence-corrected chi connectivity index (χ3v) is 3.30. The third-order valence-electron chi connectivity index (χ3n) is 3.30. The number of hydrogen-bond donors (Lipinski definition) is 1. The first-order valence-electron chi connectivity index (χ1n) is 6.56. The number of pyridine rings is 1. The summed E-state index contributed by atoms with van der Waals surface area (Å²) in [5.41, 5.74) is 1.08. The van der Waals surface area contributed by atoms with Gasteiger partial charge in [0.25, 0.3) is 0 Å². The number of carbonyl (C=O) groups is 1. The smallest absolute Gasteiger partial charge is 0.220 e. The highest BCUT2D eigenvalue weighted by molar-refractivity contribution is 5.76. The van der Waals surface area contributed by atoms with Gasteiger partial charge in [-0.05, 0) is 43.9 Å². The molecule has 1 saturated heterocycles. The summed E-state index contributed by atoms with van der Waals surface area (Å²) in [4.78, 5) is 15.8. The molecular weight excluding hydrogens is 228 g/mol. The Bertz CT molecular complexity index is 375. The lowest BCUT2D eigenvalue weighted by Crippen LogP contribution is -2.27. The maximum Gasteiger partial charge on any atom is 0.220 e. The van der Waals surface area contributed by atoms with Gasteiger partial charge in [0, 0.05) is 25.4 Å². The maximum atomic E-state index is 11.8. The summed E-state index contributed by atoms with van der Waals surface area (Å²) in [6.07, 6.45) is 7.35. The fourth-order valence-corrected chi connectivity index (χ4v) is 2.21. The molecule has 2 heterocycles. The van der Waals surface area contributed by atoms with Crippen molar-refractivity contribution in [3.05, 3.63) is 30.1 Å². The van der Waals surface area contributed by atoms with Crippen LogP contribution in [0.3, 0.4) is 0 Å². The van der Waals surface area contributed by atoms with Crippen molar-refractivity contribution in [2.24, 2.45) is 0 Å². The molecule has 18 heavy (non-hydrogen) atoms. The van der Waals surface area contributed by atoms with Crippen LogP contribution in [0.2, 0.25) is 0 Å². The molecule has 1 aliphatic heterocycles. The van der Waals surface area contributed by atoms with Crippen LogP contribution in [0.25, 0.3) is 0 Å². The molecule has 4 nitrogen and oxygen atoms in total. The Balaban J connectivity index is 1.73. The number of ether oxygens (including phenoxy) is 1. The van der Waals surface area contributed by atoms with E-state index in [4.69, 9.17) is 4.74 Å². The van der Waals surface area contributed by atoms with Crippen LogP contribution in [0, 0.1) is 0 Å². The van der Waals surface area contributed by atoms with E-state index in [0.29, 0.717) is 6.42 Å². The minimum absolute atomic E-state index is 0.0324. The van der Waals surface area contributed by atoms with Crippen molar-refractivity contribution in [1.82, 2.24) is 10.3 Å².